The minimum absolute atomic E-state index is 0.115. The Labute approximate surface area is 192 Å². The van der Waals surface area contributed by atoms with Gasteiger partial charge in [-0.1, -0.05) is 38.3 Å². The minimum atomic E-state index is -3.99. The predicted molar refractivity (Wildman–Crippen MR) is 118 cm³/mol. The molecule has 33 heavy (non-hydrogen) atoms. The normalized spacial score (nSPS) is 26.2. The van der Waals surface area contributed by atoms with Gasteiger partial charge in [0.05, 0.1) is 5.56 Å². The van der Waals surface area contributed by atoms with E-state index >= 15 is 0 Å². The highest BCUT2D eigenvalue weighted by molar-refractivity contribution is 5.31. The molecule has 2 aliphatic rings. The third-order valence-electron chi connectivity index (χ3n) is 7.82. The molecule has 2 fully saturated rings. The van der Waals surface area contributed by atoms with Gasteiger partial charge in [-0.2, -0.15) is 8.78 Å². The molecule has 0 atom stereocenters. The summed E-state index contributed by atoms with van der Waals surface area (Å²) < 4.78 is 73.2. The van der Waals surface area contributed by atoms with Crippen molar-refractivity contribution >= 4 is 0 Å². The fourth-order valence-electron chi connectivity index (χ4n) is 5.73. The first kappa shape index (κ1) is 24.0. The second-order valence-electron chi connectivity index (χ2n) is 9.74. The first-order valence-corrected chi connectivity index (χ1v) is 12.1. The van der Waals surface area contributed by atoms with Gasteiger partial charge in [-0.05, 0) is 92.0 Å². The van der Waals surface area contributed by atoms with E-state index in [1.807, 2.05) is 0 Å². The molecule has 2 aromatic rings. The fraction of sp³-hybridized carbons (Fsp3) is 0.556. The standard InChI is InChI=1S/C27H31F5O/c1-2-17-3-5-18(6-4-17)19-7-9-20(10-8-19)21-11-13-23(14-12-21)33-27(31,32)22-15-24(28)26(30)25(29)16-22/h11-20H,2-10H2,1H3. The van der Waals surface area contributed by atoms with Gasteiger partial charge in [0.1, 0.15) is 5.75 Å². The lowest BCUT2D eigenvalue weighted by Crippen LogP contribution is -2.25. The van der Waals surface area contributed by atoms with E-state index in [1.165, 1.54) is 57.1 Å². The molecule has 1 nitrogen and oxygen atoms in total. The number of ether oxygens (including phenoxy) is 1. The van der Waals surface area contributed by atoms with Crippen molar-refractivity contribution < 1.29 is 26.7 Å². The van der Waals surface area contributed by atoms with Crippen LogP contribution in [0.3, 0.4) is 0 Å². The van der Waals surface area contributed by atoms with Crippen molar-refractivity contribution in [2.45, 2.75) is 76.7 Å². The molecule has 0 bridgehead atoms. The molecule has 2 aliphatic carbocycles. The Morgan fingerprint density at radius 1 is 0.788 bits per heavy atom. The molecule has 6 heteroatoms. The number of hydrogen-bond donors (Lipinski definition) is 0. The smallest absolute Gasteiger partial charge is 0.426 e. The van der Waals surface area contributed by atoms with Crippen molar-refractivity contribution in [3.05, 3.63) is 65.0 Å². The Morgan fingerprint density at radius 2 is 1.30 bits per heavy atom. The van der Waals surface area contributed by atoms with E-state index < -0.39 is 29.1 Å². The SMILES string of the molecule is CCC1CCC(C2CCC(c3ccc(OC(F)(F)c4cc(F)c(F)c(F)c4)cc3)CC2)CC1. The molecular weight excluding hydrogens is 435 g/mol. The zero-order chi connectivity index (χ0) is 23.6. The Kier molecular flexibility index (Phi) is 7.30. The lowest BCUT2D eigenvalue weighted by molar-refractivity contribution is -0.185. The van der Waals surface area contributed by atoms with Crippen LogP contribution in [0.15, 0.2) is 36.4 Å². The lowest BCUT2D eigenvalue weighted by atomic mass is 9.68. The summed E-state index contributed by atoms with van der Waals surface area (Å²) in [6.07, 6.45) is 7.37. The molecule has 0 unspecified atom stereocenters. The van der Waals surface area contributed by atoms with Gasteiger partial charge in [-0.25, -0.2) is 13.2 Å². The van der Waals surface area contributed by atoms with Crippen LogP contribution in [0.1, 0.15) is 81.8 Å². The van der Waals surface area contributed by atoms with Gasteiger partial charge in [0, 0.05) is 0 Å². The Morgan fingerprint density at radius 3 is 1.82 bits per heavy atom. The van der Waals surface area contributed by atoms with E-state index in [0.717, 1.165) is 36.2 Å². The van der Waals surface area contributed by atoms with Crippen molar-refractivity contribution in [3.8, 4) is 5.75 Å². The minimum Gasteiger partial charge on any atom is -0.429 e. The molecule has 4 rings (SSSR count). The molecule has 0 N–H and O–H groups in total. The highest BCUT2D eigenvalue weighted by Gasteiger charge is 2.37. The van der Waals surface area contributed by atoms with Gasteiger partial charge in [-0.3, -0.25) is 0 Å². The summed E-state index contributed by atoms with van der Waals surface area (Å²) in [4.78, 5) is 0. The molecule has 0 spiro atoms. The molecule has 0 heterocycles. The summed E-state index contributed by atoms with van der Waals surface area (Å²) in [5, 5.41) is 0. The van der Waals surface area contributed by atoms with Crippen LogP contribution in [0.25, 0.3) is 0 Å². The molecule has 2 aromatic carbocycles. The third kappa shape index (κ3) is 5.52. The maximum atomic E-state index is 14.4. The quantitative estimate of drug-likeness (QED) is 0.305. The molecule has 2 saturated carbocycles. The van der Waals surface area contributed by atoms with E-state index in [1.54, 1.807) is 12.1 Å². The van der Waals surface area contributed by atoms with Gasteiger partial charge in [0.25, 0.3) is 0 Å². The van der Waals surface area contributed by atoms with Crippen LogP contribution in [0.4, 0.5) is 22.0 Å². The Hall–Kier alpha value is -2.11. The van der Waals surface area contributed by atoms with E-state index in [4.69, 9.17) is 4.74 Å². The number of halogens is 5. The average Bonchev–Trinajstić information content (AvgIpc) is 2.82. The van der Waals surface area contributed by atoms with Crippen LogP contribution in [-0.4, -0.2) is 0 Å². The lowest BCUT2D eigenvalue weighted by Gasteiger charge is -2.38. The van der Waals surface area contributed by atoms with Crippen molar-refractivity contribution in [1.82, 2.24) is 0 Å². The summed E-state index contributed by atoms with van der Waals surface area (Å²) in [6.45, 7) is 2.29. The molecular formula is C27H31F5O. The van der Waals surface area contributed by atoms with Crippen molar-refractivity contribution in [1.29, 1.82) is 0 Å². The number of hydrogen-bond acceptors (Lipinski definition) is 1. The third-order valence-corrected chi connectivity index (χ3v) is 7.82. The zero-order valence-electron chi connectivity index (χ0n) is 18.9. The van der Waals surface area contributed by atoms with Gasteiger partial charge in [0.15, 0.2) is 17.5 Å². The first-order chi connectivity index (χ1) is 15.8. The molecule has 0 radical (unpaired) electrons. The van der Waals surface area contributed by atoms with Crippen LogP contribution in [0.5, 0.6) is 5.75 Å². The molecule has 180 valence electrons. The zero-order valence-corrected chi connectivity index (χ0v) is 18.9. The van der Waals surface area contributed by atoms with Crippen LogP contribution < -0.4 is 4.74 Å². The van der Waals surface area contributed by atoms with Gasteiger partial charge >= 0.3 is 6.11 Å². The van der Waals surface area contributed by atoms with Gasteiger partial charge in [-0.15, -0.1) is 0 Å². The van der Waals surface area contributed by atoms with Crippen molar-refractivity contribution in [3.63, 3.8) is 0 Å². The number of rotatable bonds is 6. The largest absolute Gasteiger partial charge is 0.429 e. The Bertz CT molecular complexity index is 903. The van der Waals surface area contributed by atoms with E-state index in [0.29, 0.717) is 5.92 Å². The predicted octanol–water partition coefficient (Wildman–Crippen LogP) is 8.72. The molecule has 0 amide bonds. The average molecular weight is 467 g/mol. The first-order valence-electron chi connectivity index (χ1n) is 12.1. The second-order valence-corrected chi connectivity index (χ2v) is 9.74. The number of benzene rings is 2. The van der Waals surface area contributed by atoms with E-state index in [-0.39, 0.29) is 17.9 Å². The van der Waals surface area contributed by atoms with Crippen molar-refractivity contribution in [2.24, 2.45) is 17.8 Å². The van der Waals surface area contributed by atoms with Gasteiger partial charge in [0.2, 0.25) is 0 Å². The van der Waals surface area contributed by atoms with Crippen LogP contribution in [0.2, 0.25) is 0 Å². The number of alkyl halides is 2. The fourth-order valence-corrected chi connectivity index (χ4v) is 5.73. The van der Waals surface area contributed by atoms with Crippen LogP contribution >= 0.6 is 0 Å². The van der Waals surface area contributed by atoms with Crippen LogP contribution in [0, 0.1) is 35.2 Å². The molecule has 0 aromatic heterocycles. The van der Waals surface area contributed by atoms with Gasteiger partial charge < -0.3 is 4.74 Å². The maximum Gasteiger partial charge on any atom is 0.426 e. The summed E-state index contributed by atoms with van der Waals surface area (Å²) in [6, 6.07) is 6.98. The van der Waals surface area contributed by atoms with E-state index in [2.05, 4.69) is 6.92 Å². The van der Waals surface area contributed by atoms with E-state index in [9.17, 15) is 22.0 Å². The van der Waals surface area contributed by atoms with Crippen molar-refractivity contribution in [2.75, 3.05) is 0 Å². The second kappa shape index (κ2) is 10.0. The molecule has 0 aliphatic heterocycles. The highest BCUT2D eigenvalue weighted by Crippen LogP contribution is 2.44. The van der Waals surface area contributed by atoms with Crippen LogP contribution in [-0.2, 0) is 6.11 Å². The maximum absolute atomic E-state index is 14.4. The summed E-state index contributed by atoms with van der Waals surface area (Å²) in [7, 11) is 0. The highest BCUT2D eigenvalue weighted by atomic mass is 19.3. The summed E-state index contributed by atoms with van der Waals surface area (Å²) in [5.74, 6) is -2.30. The summed E-state index contributed by atoms with van der Waals surface area (Å²) in [5.41, 5.74) is 0.0203. The Balaban J connectivity index is 1.33. The topological polar surface area (TPSA) is 9.23 Å². The summed E-state index contributed by atoms with van der Waals surface area (Å²) >= 11 is 0. The molecule has 0 saturated heterocycles. The monoisotopic (exact) mass is 466 g/mol.